The first-order valence-corrected chi connectivity index (χ1v) is 13.1. The molecule has 0 aromatic heterocycles. The molecule has 4 rings (SSSR count). The molecule has 2 aliphatic rings. The molecule has 2 fully saturated rings. The number of benzene rings is 2. The summed E-state index contributed by atoms with van der Waals surface area (Å²) in [5.41, 5.74) is 2.71. The average Bonchev–Trinajstić information content (AvgIpc) is 2.80. The molecule has 0 bridgehead atoms. The summed E-state index contributed by atoms with van der Waals surface area (Å²) in [7, 11) is 0. The van der Waals surface area contributed by atoms with Crippen molar-refractivity contribution in [1.29, 1.82) is 0 Å². The minimum atomic E-state index is -0.413. The van der Waals surface area contributed by atoms with Crippen molar-refractivity contribution in [1.82, 2.24) is 0 Å². The van der Waals surface area contributed by atoms with Crippen molar-refractivity contribution in [2.75, 3.05) is 0 Å². The van der Waals surface area contributed by atoms with Crippen LogP contribution in [0, 0.1) is 29.4 Å². The first-order chi connectivity index (χ1) is 15.5. The summed E-state index contributed by atoms with van der Waals surface area (Å²) in [6.07, 6.45) is 14.7. The molecule has 0 amide bonds. The molecule has 174 valence electrons. The van der Waals surface area contributed by atoms with Gasteiger partial charge in [0.1, 0.15) is 11.6 Å². The standard InChI is InChI=1S/C29H37ClF2/c1-20-2-4-21(5-3-20)6-7-22-8-12-24(13-9-22)26-16-15-25(28(31)19-26)14-10-23-11-17-27(30)29(32)18-23/h11,15-22,24H,2-10,12-14H2,1H3. The molecule has 0 spiro atoms. The summed E-state index contributed by atoms with van der Waals surface area (Å²) >= 11 is 5.75. The van der Waals surface area contributed by atoms with Crippen molar-refractivity contribution >= 4 is 11.6 Å². The Morgan fingerprint density at radius 1 is 0.750 bits per heavy atom. The van der Waals surface area contributed by atoms with E-state index in [-0.39, 0.29) is 10.8 Å². The Morgan fingerprint density at radius 3 is 2.03 bits per heavy atom. The zero-order valence-electron chi connectivity index (χ0n) is 19.4. The molecule has 2 aromatic rings. The zero-order valence-corrected chi connectivity index (χ0v) is 20.1. The highest BCUT2D eigenvalue weighted by atomic mass is 35.5. The van der Waals surface area contributed by atoms with Crippen LogP contribution in [0.25, 0.3) is 0 Å². The van der Waals surface area contributed by atoms with Crippen molar-refractivity contribution in [2.24, 2.45) is 17.8 Å². The van der Waals surface area contributed by atoms with Gasteiger partial charge in [-0.05, 0) is 97.1 Å². The first-order valence-electron chi connectivity index (χ1n) is 12.7. The lowest BCUT2D eigenvalue weighted by Gasteiger charge is -2.31. The van der Waals surface area contributed by atoms with E-state index in [1.807, 2.05) is 12.1 Å². The number of hydrogen-bond acceptors (Lipinski definition) is 0. The highest BCUT2D eigenvalue weighted by molar-refractivity contribution is 6.30. The number of halogens is 3. The maximum Gasteiger partial charge on any atom is 0.142 e. The fourth-order valence-electron chi connectivity index (χ4n) is 5.87. The van der Waals surface area contributed by atoms with E-state index >= 15 is 0 Å². The lowest BCUT2D eigenvalue weighted by molar-refractivity contribution is 0.237. The topological polar surface area (TPSA) is 0 Å². The zero-order chi connectivity index (χ0) is 22.5. The Bertz CT molecular complexity index is 877. The predicted molar refractivity (Wildman–Crippen MR) is 130 cm³/mol. The quantitative estimate of drug-likeness (QED) is 0.387. The molecule has 3 heteroatoms. The molecule has 0 saturated heterocycles. The molecule has 2 aromatic carbocycles. The normalized spacial score (nSPS) is 26.2. The molecular weight excluding hydrogens is 422 g/mol. The van der Waals surface area contributed by atoms with Crippen LogP contribution in [0.5, 0.6) is 0 Å². The minimum absolute atomic E-state index is 0.120. The summed E-state index contributed by atoms with van der Waals surface area (Å²) in [6, 6.07) is 10.6. The third kappa shape index (κ3) is 6.34. The summed E-state index contributed by atoms with van der Waals surface area (Å²) in [5.74, 6) is 2.74. The SMILES string of the molecule is CC1CCC(CCC2CCC(c3ccc(CCc4ccc(Cl)c(F)c4)c(F)c3)CC2)CC1. The molecule has 2 saturated carbocycles. The van der Waals surface area contributed by atoms with E-state index in [9.17, 15) is 8.78 Å². The molecule has 0 N–H and O–H groups in total. The van der Waals surface area contributed by atoms with Crippen molar-refractivity contribution in [3.05, 3.63) is 69.7 Å². The van der Waals surface area contributed by atoms with Crippen molar-refractivity contribution < 1.29 is 8.78 Å². The van der Waals surface area contributed by atoms with Gasteiger partial charge in [0.25, 0.3) is 0 Å². The van der Waals surface area contributed by atoms with Gasteiger partial charge in [-0.1, -0.05) is 75.2 Å². The van der Waals surface area contributed by atoms with Crippen LogP contribution >= 0.6 is 11.6 Å². The number of aryl methyl sites for hydroxylation is 2. The largest absolute Gasteiger partial charge is 0.207 e. The van der Waals surface area contributed by atoms with E-state index in [1.165, 1.54) is 70.3 Å². The molecule has 32 heavy (non-hydrogen) atoms. The van der Waals surface area contributed by atoms with Crippen LogP contribution in [0.1, 0.15) is 93.7 Å². The molecule has 0 aliphatic heterocycles. The summed E-state index contributed by atoms with van der Waals surface area (Å²) < 4.78 is 28.4. The van der Waals surface area contributed by atoms with Gasteiger partial charge in [0.2, 0.25) is 0 Å². The van der Waals surface area contributed by atoms with E-state index in [0.29, 0.717) is 24.3 Å². The Balaban J connectivity index is 1.24. The average molecular weight is 459 g/mol. The lowest BCUT2D eigenvalue weighted by Crippen LogP contribution is -2.17. The molecule has 0 unspecified atom stereocenters. The molecule has 0 atom stereocenters. The van der Waals surface area contributed by atoms with Crippen LogP contribution < -0.4 is 0 Å². The van der Waals surface area contributed by atoms with Crippen LogP contribution in [0.2, 0.25) is 5.02 Å². The maximum absolute atomic E-state index is 14.8. The summed E-state index contributed by atoms with van der Waals surface area (Å²) in [5, 5.41) is 0.127. The van der Waals surface area contributed by atoms with E-state index in [0.717, 1.165) is 28.9 Å². The van der Waals surface area contributed by atoms with Crippen molar-refractivity contribution in [3.63, 3.8) is 0 Å². The van der Waals surface area contributed by atoms with Gasteiger partial charge in [0, 0.05) is 0 Å². The van der Waals surface area contributed by atoms with Crippen molar-refractivity contribution in [3.8, 4) is 0 Å². The summed E-state index contributed by atoms with van der Waals surface area (Å²) in [4.78, 5) is 0. The Morgan fingerprint density at radius 2 is 1.41 bits per heavy atom. The molecular formula is C29H37ClF2. The van der Waals surface area contributed by atoms with Gasteiger partial charge in [-0.3, -0.25) is 0 Å². The second kappa shape index (κ2) is 11.1. The van der Waals surface area contributed by atoms with Crippen LogP contribution in [0.3, 0.4) is 0 Å². The Kier molecular flexibility index (Phi) is 8.27. The third-order valence-electron chi connectivity index (χ3n) is 8.18. The second-order valence-electron chi connectivity index (χ2n) is 10.5. The van der Waals surface area contributed by atoms with E-state index < -0.39 is 5.82 Å². The second-order valence-corrected chi connectivity index (χ2v) is 10.9. The minimum Gasteiger partial charge on any atom is -0.207 e. The lowest BCUT2D eigenvalue weighted by atomic mass is 9.74. The highest BCUT2D eigenvalue weighted by Gasteiger charge is 2.25. The van der Waals surface area contributed by atoms with Gasteiger partial charge in [0.05, 0.1) is 5.02 Å². The van der Waals surface area contributed by atoms with Crippen LogP contribution in [0.15, 0.2) is 36.4 Å². The van der Waals surface area contributed by atoms with Gasteiger partial charge in [0.15, 0.2) is 0 Å². The fraction of sp³-hybridized carbons (Fsp3) is 0.586. The van der Waals surface area contributed by atoms with Gasteiger partial charge >= 0.3 is 0 Å². The molecule has 0 heterocycles. The third-order valence-corrected chi connectivity index (χ3v) is 8.49. The maximum atomic E-state index is 14.8. The van der Waals surface area contributed by atoms with Gasteiger partial charge in [-0.15, -0.1) is 0 Å². The highest BCUT2D eigenvalue weighted by Crippen LogP contribution is 2.40. The van der Waals surface area contributed by atoms with Gasteiger partial charge < -0.3 is 0 Å². The van der Waals surface area contributed by atoms with E-state index in [1.54, 1.807) is 12.1 Å². The fourth-order valence-corrected chi connectivity index (χ4v) is 5.99. The van der Waals surface area contributed by atoms with Crippen LogP contribution in [0.4, 0.5) is 8.78 Å². The summed E-state index contributed by atoms with van der Waals surface area (Å²) in [6.45, 7) is 2.40. The molecule has 2 aliphatic carbocycles. The smallest absolute Gasteiger partial charge is 0.142 e. The molecule has 0 nitrogen and oxygen atoms in total. The van der Waals surface area contributed by atoms with Crippen LogP contribution in [-0.4, -0.2) is 0 Å². The van der Waals surface area contributed by atoms with Crippen LogP contribution in [-0.2, 0) is 12.8 Å². The van der Waals surface area contributed by atoms with Crippen molar-refractivity contribution in [2.45, 2.75) is 89.9 Å². The Hall–Kier alpha value is -1.41. The monoisotopic (exact) mass is 458 g/mol. The molecule has 0 radical (unpaired) electrons. The number of hydrogen-bond donors (Lipinski definition) is 0. The van der Waals surface area contributed by atoms with Gasteiger partial charge in [-0.25, -0.2) is 8.78 Å². The number of rotatable bonds is 7. The van der Waals surface area contributed by atoms with E-state index in [4.69, 9.17) is 11.6 Å². The van der Waals surface area contributed by atoms with E-state index in [2.05, 4.69) is 13.0 Å². The Labute approximate surface area is 197 Å². The van der Waals surface area contributed by atoms with Gasteiger partial charge in [-0.2, -0.15) is 0 Å². The first kappa shape index (κ1) is 23.7. The predicted octanol–water partition coefficient (Wildman–Crippen LogP) is 9.28.